The van der Waals surface area contributed by atoms with Crippen molar-refractivity contribution in [3.63, 3.8) is 0 Å². The first-order chi connectivity index (χ1) is 10.5. The van der Waals surface area contributed by atoms with Gasteiger partial charge in [-0.05, 0) is 53.3 Å². The normalized spacial score (nSPS) is 15.5. The quantitative estimate of drug-likeness (QED) is 0.325. The molecular weight excluding hydrogens is 399 g/mol. The maximum atomic E-state index is 11.6. The summed E-state index contributed by atoms with van der Waals surface area (Å²) in [6.07, 6.45) is 3.24. The maximum absolute atomic E-state index is 11.6. The molecule has 0 aliphatic carbocycles. The first kappa shape index (κ1) is 16.3. The van der Waals surface area contributed by atoms with E-state index in [2.05, 4.69) is 39.8 Å². The molecule has 0 saturated carbocycles. The Bertz CT molecular complexity index is 655. The fourth-order valence-corrected chi connectivity index (χ4v) is 2.65. The summed E-state index contributed by atoms with van der Waals surface area (Å²) in [5, 5.41) is 4.60. The summed E-state index contributed by atoms with van der Waals surface area (Å²) < 4.78 is 12.0. The van der Waals surface area contributed by atoms with Crippen LogP contribution >= 0.6 is 22.6 Å². The van der Waals surface area contributed by atoms with Gasteiger partial charge in [-0.1, -0.05) is 12.7 Å². The van der Waals surface area contributed by atoms with Crippen LogP contribution in [0.3, 0.4) is 0 Å². The summed E-state index contributed by atoms with van der Waals surface area (Å²) >= 11 is 2.13. The highest BCUT2D eigenvalue weighted by molar-refractivity contribution is 14.1. The van der Waals surface area contributed by atoms with Crippen LogP contribution < -0.4 is 20.1 Å². The second kappa shape index (κ2) is 7.30. The van der Waals surface area contributed by atoms with Crippen molar-refractivity contribution in [1.29, 1.82) is 0 Å². The molecule has 1 aliphatic rings. The molecule has 1 aliphatic heterocycles. The van der Waals surface area contributed by atoms with E-state index < -0.39 is 11.9 Å². The molecule has 0 spiro atoms. The van der Waals surface area contributed by atoms with Crippen molar-refractivity contribution in [3.8, 4) is 11.5 Å². The zero-order valence-electron chi connectivity index (χ0n) is 11.9. The summed E-state index contributed by atoms with van der Waals surface area (Å²) in [5.74, 6) is 0.752. The Kier molecular flexibility index (Phi) is 5.42. The summed E-state index contributed by atoms with van der Waals surface area (Å²) in [5.41, 5.74) is 0.925. The van der Waals surface area contributed by atoms with Gasteiger partial charge in [0, 0.05) is 0 Å². The molecule has 2 N–H and O–H groups in total. The minimum atomic E-state index is -0.526. The second-order valence-electron chi connectivity index (χ2n) is 4.33. The summed E-state index contributed by atoms with van der Waals surface area (Å²) in [7, 11) is 0. The van der Waals surface area contributed by atoms with Gasteiger partial charge in [-0.25, -0.2) is 4.79 Å². The number of imide groups is 1. The molecule has 1 heterocycles. The standard InChI is InChI=1S/C15H15IN2O4/c1-3-5-22-13-10(16)6-9(8-12(13)21-4-2)7-11-14(19)18-15(20)17-11/h3,6-8H,1,4-5H2,2H3,(H2,17,18,19,20)/b11-7+. The number of carbonyl (C=O) groups excluding carboxylic acids is 2. The smallest absolute Gasteiger partial charge is 0.326 e. The Morgan fingerprint density at radius 1 is 1.27 bits per heavy atom. The molecule has 2 rings (SSSR count). The van der Waals surface area contributed by atoms with E-state index in [-0.39, 0.29) is 5.70 Å². The van der Waals surface area contributed by atoms with E-state index in [1.54, 1.807) is 18.2 Å². The van der Waals surface area contributed by atoms with Crippen molar-refractivity contribution in [2.24, 2.45) is 0 Å². The van der Waals surface area contributed by atoms with Crippen molar-refractivity contribution in [3.05, 3.63) is 39.6 Å². The fraction of sp³-hybridized carbons (Fsp3) is 0.200. The molecule has 0 unspecified atom stereocenters. The van der Waals surface area contributed by atoms with Gasteiger partial charge in [0.25, 0.3) is 5.91 Å². The lowest BCUT2D eigenvalue weighted by atomic mass is 10.1. The average Bonchev–Trinajstić information content (AvgIpc) is 2.76. The monoisotopic (exact) mass is 414 g/mol. The third kappa shape index (κ3) is 3.79. The van der Waals surface area contributed by atoms with Crippen LogP contribution in [0.25, 0.3) is 6.08 Å². The topological polar surface area (TPSA) is 76.7 Å². The SMILES string of the molecule is C=CCOc1c(I)cc(/C=C2/NC(=O)NC2=O)cc1OCC. The highest BCUT2D eigenvalue weighted by atomic mass is 127. The van der Waals surface area contributed by atoms with E-state index in [9.17, 15) is 9.59 Å². The van der Waals surface area contributed by atoms with Crippen LogP contribution in [0.15, 0.2) is 30.5 Å². The number of rotatable bonds is 6. The molecule has 1 saturated heterocycles. The molecule has 3 amide bonds. The van der Waals surface area contributed by atoms with Crippen LogP contribution in [0.2, 0.25) is 0 Å². The molecule has 1 aromatic carbocycles. The van der Waals surface area contributed by atoms with Crippen molar-refractivity contribution >= 4 is 40.6 Å². The largest absolute Gasteiger partial charge is 0.490 e. The lowest BCUT2D eigenvalue weighted by molar-refractivity contribution is -0.115. The number of nitrogens with one attached hydrogen (secondary N) is 2. The van der Waals surface area contributed by atoms with E-state index in [1.807, 2.05) is 13.0 Å². The zero-order chi connectivity index (χ0) is 16.1. The highest BCUT2D eigenvalue weighted by Crippen LogP contribution is 2.35. The molecule has 0 bridgehead atoms. The number of amides is 3. The zero-order valence-corrected chi connectivity index (χ0v) is 14.1. The van der Waals surface area contributed by atoms with Gasteiger partial charge in [0.15, 0.2) is 11.5 Å². The third-order valence-corrected chi connectivity index (χ3v) is 3.51. The van der Waals surface area contributed by atoms with Gasteiger partial charge in [0.2, 0.25) is 0 Å². The first-order valence-corrected chi connectivity index (χ1v) is 7.67. The van der Waals surface area contributed by atoms with E-state index in [0.29, 0.717) is 24.7 Å². The van der Waals surface area contributed by atoms with E-state index in [4.69, 9.17) is 9.47 Å². The Hall–Kier alpha value is -2.03. The summed E-state index contributed by atoms with van der Waals surface area (Å²) in [6, 6.07) is 3.07. The number of urea groups is 1. The fourth-order valence-electron chi connectivity index (χ4n) is 1.87. The molecule has 1 fully saturated rings. The number of carbonyl (C=O) groups is 2. The van der Waals surface area contributed by atoms with E-state index in [0.717, 1.165) is 9.13 Å². The molecule has 7 heteroatoms. The van der Waals surface area contributed by atoms with Gasteiger partial charge in [0.05, 0.1) is 10.2 Å². The first-order valence-electron chi connectivity index (χ1n) is 6.59. The van der Waals surface area contributed by atoms with Crippen LogP contribution in [-0.4, -0.2) is 25.2 Å². The van der Waals surface area contributed by atoms with E-state index in [1.165, 1.54) is 0 Å². The minimum Gasteiger partial charge on any atom is -0.490 e. The van der Waals surface area contributed by atoms with Crippen molar-refractivity contribution in [2.75, 3.05) is 13.2 Å². The van der Waals surface area contributed by atoms with Crippen LogP contribution in [0.4, 0.5) is 4.79 Å². The Morgan fingerprint density at radius 3 is 2.64 bits per heavy atom. The lowest BCUT2D eigenvalue weighted by Gasteiger charge is -2.13. The molecule has 1 aromatic rings. The molecule has 116 valence electrons. The van der Waals surface area contributed by atoms with Crippen molar-refractivity contribution in [1.82, 2.24) is 10.6 Å². The van der Waals surface area contributed by atoms with Crippen molar-refractivity contribution < 1.29 is 19.1 Å². The van der Waals surface area contributed by atoms with Gasteiger partial charge in [0.1, 0.15) is 12.3 Å². The summed E-state index contributed by atoms with van der Waals surface area (Å²) in [6.45, 7) is 6.35. The average molecular weight is 414 g/mol. The Morgan fingerprint density at radius 2 is 2.05 bits per heavy atom. The Balaban J connectivity index is 2.37. The van der Waals surface area contributed by atoms with Crippen LogP contribution in [0.1, 0.15) is 12.5 Å². The Labute approximate surface area is 141 Å². The van der Waals surface area contributed by atoms with Gasteiger partial charge in [-0.3, -0.25) is 10.1 Å². The highest BCUT2D eigenvalue weighted by Gasteiger charge is 2.23. The second-order valence-corrected chi connectivity index (χ2v) is 5.49. The molecule has 22 heavy (non-hydrogen) atoms. The molecule has 6 nitrogen and oxygen atoms in total. The number of ether oxygens (including phenoxy) is 2. The van der Waals surface area contributed by atoms with Gasteiger partial charge in [-0.15, -0.1) is 0 Å². The molecule has 0 radical (unpaired) electrons. The van der Waals surface area contributed by atoms with Crippen LogP contribution in [0, 0.1) is 3.57 Å². The van der Waals surface area contributed by atoms with Crippen LogP contribution in [-0.2, 0) is 4.79 Å². The maximum Gasteiger partial charge on any atom is 0.326 e. The van der Waals surface area contributed by atoms with Gasteiger partial charge >= 0.3 is 6.03 Å². The third-order valence-electron chi connectivity index (χ3n) is 2.71. The summed E-state index contributed by atoms with van der Waals surface area (Å²) in [4.78, 5) is 22.7. The number of hydrogen-bond acceptors (Lipinski definition) is 4. The number of benzene rings is 1. The molecule has 0 aromatic heterocycles. The van der Waals surface area contributed by atoms with Crippen LogP contribution in [0.5, 0.6) is 11.5 Å². The van der Waals surface area contributed by atoms with Gasteiger partial charge < -0.3 is 14.8 Å². The number of hydrogen-bond donors (Lipinski definition) is 2. The van der Waals surface area contributed by atoms with Gasteiger partial charge in [-0.2, -0.15) is 0 Å². The number of halogens is 1. The predicted octanol–water partition coefficient (Wildman–Crippen LogP) is 2.44. The van der Waals surface area contributed by atoms with Crippen molar-refractivity contribution in [2.45, 2.75) is 6.92 Å². The minimum absolute atomic E-state index is 0.197. The molecule has 0 atom stereocenters. The van der Waals surface area contributed by atoms with E-state index >= 15 is 0 Å². The molecular formula is C15H15IN2O4. The lowest BCUT2D eigenvalue weighted by Crippen LogP contribution is -2.22. The predicted molar refractivity (Wildman–Crippen MR) is 90.7 cm³/mol.